The van der Waals surface area contributed by atoms with Gasteiger partial charge in [0.25, 0.3) is 0 Å². The molecule has 4 rings (SSSR count). The fraction of sp³-hybridized carbons (Fsp3) is 0.500. The van der Waals surface area contributed by atoms with E-state index in [9.17, 15) is 0 Å². The molecule has 2 aliphatic rings. The number of nitrogens with one attached hydrogen (secondary N) is 1. The van der Waals surface area contributed by atoms with Crippen LogP contribution >= 0.6 is 0 Å². The van der Waals surface area contributed by atoms with E-state index in [0.29, 0.717) is 5.41 Å². The van der Waals surface area contributed by atoms with Gasteiger partial charge in [0.1, 0.15) is 0 Å². The van der Waals surface area contributed by atoms with Gasteiger partial charge in [-0.05, 0) is 35.8 Å². The summed E-state index contributed by atoms with van der Waals surface area (Å²) in [5, 5.41) is 3.56. The Morgan fingerprint density at radius 1 is 1.28 bits per heavy atom. The van der Waals surface area contributed by atoms with E-state index in [2.05, 4.69) is 49.0 Å². The van der Waals surface area contributed by atoms with Gasteiger partial charge in [-0.3, -0.25) is 4.99 Å². The Kier molecular flexibility index (Phi) is 4.47. The zero-order valence-corrected chi connectivity index (χ0v) is 15.0. The normalized spacial score (nSPS) is 19.2. The van der Waals surface area contributed by atoms with E-state index < -0.39 is 0 Å². The lowest BCUT2D eigenvalue weighted by atomic mass is 9.68. The molecule has 25 heavy (non-hydrogen) atoms. The van der Waals surface area contributed by atoms with Crippen LogP contribution in [-0.2, 0) is 13.1 Å². The van der Waals surface area contributed by atoms with E-state index in [4.69, 9.17) is 0 Å². The van der Waals surface area contributed by atoms with Gasteiger partial charge in [0.15, 0.2) is 5.96 Å². The predicted molar refractivity (Wildman–Crippen MR) is 100 cm³/mol. The Balaban J connectivity index is 1.35. The molecule has 1 N–H and O–H groups in total. The summed E-state index contributed by atoms with van der Waals surface area (Å²) in [4.78, 5) is 11.1. The van der Waals surface area contributed by atoms with Crippen LogP contribution in [0.5, 0.6) is 0 Å². The van der Waals surface area contributed by atoms with Crippen LogP contribution in [0.25, 0.3) is 0 Å². The first kappa shape index (κ1) is 16.2. The fourth-order valence-electron chi connectivity index (χ4n) is 4.14. The Hall–Kier alpha value is -2.30. The lowest BCUT2D eigenvalue weighted by Gasteiger charge is -2.38. The second kappa shape index (κ2) is 6.90. The van der Waals surface area contributed by atoms with Crippen molar-refractivity contribution in [2.75, 3.05) is 20.1 Å². The molecule has 1 aliphatic heterocycles. The number of nitrogens with zero attached hydrogens (tertiary/aromatic N) is 4. The second-order valence-electron chi connectivity index (χ2n) is 7.48. The third kappa shape index (κ3) is 3.55. The van der Waals surface area contributed by atoms with Crippen molar-refractivity contribution in [1.29, 1.82) is 0 Å². The van der Waals surface area contributed by atoms with E-state index in [1.165, 1.54) is 43.4 Å². The maximum Gasteiger partial charge on any atom is 0.193 e. The van der Waals surface area contributed by atoms with E-state index >= 15 is 0 Å². The number of aliphatic imine (C=N–C) groups is 1. The monoisotopic (exact) mass is 337 g/mol. The highest BCUT2D eigenvalue weighted by Crippen LogP contribution is 2.47. The number of benzene rings is 1. The first-order valence-electron chi connectivity index (χ1n) is 9.26. The van der Waals surface area contributed by atoms with E-state index in [0.717, 1.165) is 25.6 Å². The molecular weight excluding hydrogens is 310 g/mol. The van der Waals surface area contributed by atoms with Gasteiger partial charge >= 0.3 is 0 Å². The molecule has 132 valence electrons. The van der Waals surface area contributed by atoms with Gasteiger partial charge in [0.2, 0.25) is 0 Å². The van der Waals surface area contributed by atoms with Crippen LogP contribution in [0.2, 0.25) is 0 Å². The third-order valence-corrected chi connectivity index (χ3v) is 5.73. The Bertz CT molecular complexity index is 730. The molecule has 5 nitrogen and oxygen atoms in total. The minimum atomic E-state index is 0.600. The highest BCUT2D eigenvalue weighted by atomic mass is 15.3. The van der Waals surface area contributed by atoms with Crippen molar-refractivity contribution in [2.45, 2.75) is 38.8 Å². The largest absolute Gasteiger partial charge is 0.352 e. The molecule has 0 unspecified atom stereocenters. The molecule has 0 amide bonds. The van der Waals surface area contributed by atoms with Crippen molar-refractivity contribution in [3.8, 4) is 0 Å². The van der Waals surface area contributed by atoms with E-state index in [1.807, 2.05) is 25.8 Å². The molecule has 1 aromatic carbocycles. The number of guanidine groups is 1. The molecule has 1 saturated heterocycles. The first-order chi connectivity index (χ1) is 12.3. The highest BCUT2D eigenvalue weighted by Gasteiger charge is 2.43. The number of rotatable bonds is 4. The molecule has 1 spiro atoms. The Morgan fingerprint density at radius 3 is 2.84 bits per heavy atom. The van der Waals surface area contributed by atoms with Crippen LogP contribution in [0, 0.1) is 5.41 Å². The zero-order chi connectivity index (χ0) is 17.1. The smallest absolute Gasteiger partial charge is 0.193 e. The molecule has 2 heterocycles. The predicted octanol–water partition coefficient (Wildman–Crippen LogP) is 2.88. The van der Waals surface area contributed by atoms with E-state index in [-0.39, 0.29) is 0 Å². The summed E-state index contributed by atoms with van der Waals surface area (Å²) in [6.07, 6.45) is 11.2. The van der Waals surface area contributed by atoms with Gasteiger partial charge in [-0.2, -0.15) is 0 Å². The summed E-state index contributed by atoms with van der Waals surface area (Å²) in [5.41, 5.74) is 3.18. The van der Waals surface area contributed by atoms with E-state index in [1.54, 1.807) is 0 Å². The van der Waals surface area contributed by atoms with Crippen LogP contribution in [0.1, 0.15) is 36.8 Å². The fourth-order valence-corrected chi connectivity index (χ4v) is 4.14. The number of hydrogen-bond acceptors (Lipinski definition) is 2. The minimum Gasteiger partial charge on any atom is -0.352 e. The second-order valence-corrected chi connectivity index (χ2v) is 7.48. The summed E-state index contributed by atoms with van der Waals surface area (Å²) in [6.45, 7) is 3.98. The zero-order valence-electron chi connectivity index (χ0n) is 15.0. The quantitative estimate of drug-likeness (QED) is 0.689. The number of imidazole rings is 1. The molecule has 5 heteroatoms. The summed E-state index contributed by atoms with van der Waals surface area (Å²) in [5.74, 6) is 1.05. The molecule has 0 radical (unpaired) electrons. The highest BCUT2D eigenvalue weighted by molar-refractivity contribution is 5.80. The topological polar surface area (TPSA) is 45.5 Å². The van der Waals surface area contributed by atoms with Gasteiger partial charge in [-0.25, -0.2) is 4.98 Å². The Labute approximate surface area is 149 Å². The van der Waals surface area contributed by atoms with Gasteiger partial charge in [-0.15, -0.1) is 0 Å². The molecule has 0 atom stereocenters. The van der Waals surface area contributed by atoms with Crippen molar-refractivity contribution in [3.05, 3.63) is 54.1 Å². The molecule has 1 aliphatic carbocycles. The maximum atomic E-state index is 4.51. The van der Waals surface area contributed by atoms with Crippen molar-refractivity contribution in [1.82, 2.24) is 19.8 Å². The summed E-state index contributed by atoms with van der Waals surface area (Å²) >= 11 is 0. The maximum absolute atomic E-state index is 4.51. The lowest BCUT2D eigenvalue weighted by molar-refractivity contribution is 0.151. The number of aromatic nitrogens is 2. The molecule has 2 aromatic rings. The molecule has 1 saturated carbocycles. The van der Waals surface area contributed by atoms with Crippen LogP contribution in [0.3, 0.4) is 0 Å². The van der Waals surface area contributed by atoms with Crippen molar-refractivity contribution in [3.63, 3.8) is 0 Å². The van der Waals surface area contributed by atoms with Crippen LogP contribution in [0.15, 0.2) is 48.0 Å². The number of hydrogen-bond donors (Lipinski definition) is 1. The van der Waals surface area contributed by atoms with Gasteiger partial charge in [0, 0.05) is 45.6 Å². The summed E-state index contributed by atoms with van der Waals surface area (Å²) < 4.78 is 2.09. The summed E-state index contributed by atoms with van der Waals surface area (Å²) in [7, 11) is 1.89. The van der Waals surface area contributed by atoms with Crippen molar-refractivity contribution in [2.24, 2.45) is 10.4 Å². The average molecular weight is 337 g/mol. The Morgan fingerprint density at radius 2 is 2.16 bits per heavy atom. The minimum absolute atomic E-state index is 0.600. The van der Waals surface area contributed by atoms with Gasteiger partial charge < -0.3 is 14.8 Å². The van der Waals surface area contributed by atoms with Crippen molar-refractivity contribution < 1.29 is 0 Å². The van der Waals surface area contributed by atoms with Gasteiger partial charge in [0.05, 0.1) is 6.33 Å². The van der Waals surface area contributed by atoms with Crippen LogP contribution in [-0.4, -0.2) is 40.5 Å². The number of likely N-dealkylation sites (tertiary alicyclic amines) is 1. The molecule has 2 fully saturated rings. The standard InChI is InChI=1S/C20H27N5/c1-21-19(25-10-8-20(15-25)6-3-7-20)23-13-17-4-2-5-18(12-17)14-24-11-9-22-16-24/h2,4-5,9,11-12,16H,3,6-8,10,13-15H2,1H3,(H,21,23). The molecular formula is C20H27N5. The average Bonchev–Trinajstić information content (AvgIpc) is 3.25. The van der Waals surface area contributed by atoms with Crippen LogP contribution in [0.4, 0.5) is 0 Å². The summed E-state index contributed by atoms with van der Waals surface area (Å²) in [6, 6.07) is 8.73. The first-order valence-corrected chi connectivity index (χ1v) is 9.26. The van der Waals surface area contributed by atoms with Crippen molar-refractivity contribution >= 4 is 5.96 Å². The molecule has 0 bridgehead atoms. The molecule has 1 aromatic heterocycles. The van der Waals surface area contributed by atoms with Crippen LogP contribution < -0.4 is 5.32 Å². The van der Waals surface area contributed by atoms with Gasteiger partial charge in [-0.1, -0.05) is 30.7 Å². The SMILES string of the molecule is CN=C(NCc1cccc(Cn2ccnc2)c1)N1CCC2(CCC2)C1. The third-order valence-electron chi connectivity index (χ3n) is 5.73. The lowest BCUT2D eigenvalue weighted by Crippen LogP contribution is -2.42.